The van der Waals surface area contributed by atoms with E-state index < -0.39 is 27.3 Å². The summed E-state index contributed by atoms with van der Waals surface area (Å²) in [6.07, 6.45) is 1.05. The van der Waals surface area contributed by atoms with Crippen LogP contribution in [-0.4, -0.2) is 50.9 Å². The molecule has 1 spiro atoms. The van der Waals surface area contributed by atoms with Crippen LogP contribution in [0.5, 0.6) is 0 Å². The highest BCUT2D eigenvalue weighted by atomic mass is 35.5. The lowest BCUT2D eigenvalue weighted by atomic mass is 9.75. The first kappa shape index (κ1) is 25.6. The summed E-state index contributed by atoms with van der Waals surface area (Å²) in [5.74, 6) is -2.65. The van der Waals surface area contributed by atoms with Gasteiger partial charge in [-0.1, -0.05) is 48.4 Å². The quantitative estimate of drug-likeness (QED) is 0.459. The van der Waals surface area contributed by atoms with Crippen LogP contribution in [0.1, 0.15) is 43.7 Å². The van der Waals surface area contributed by atoms with E-state index in [1.54, 1.807) is 21.3 Å². The number of carbonyl (C=O) groups excluding carboxylic acids is 1. The van der Waals surface area contributed by atoms with Crippen molar-refractivity contribution in [3.05, 3.63) is 64.7 Å². The van der Waals surface area contributed by atoms with Gasteiger partial charge in [0.15, 0.2) is 0 Å². The molecule has 0 radical (unpaired) electrons. The van der Waals surface area contributed by atoms with E-state index in [0.717, 1.165) is 11.1 Å². The zero-order valence-electron chi connectivity index (χ0n) is 20.8. The molecule has 3 atom stereocenters. The van der Waals surface area contributed by atoms with Crippen molar-refractivity contribution in [2.24, 2.45) is 15.7 Å². The second kappa shape index (κ2) is 9.07. The van der Waals surface area contributed by atoms with Gasteiger partial charge in [0.25, 0.3) is 5.92 Å². The molecular formula is C27H32ClF2N3O2S. The van der Waals surface area contributed by atoms with E-state index in [2.05, 4.69) is 4.36 Å². The van der Waals surface area contributed by atoms with Gasteiger partial charge in [-0.25, -0.2) is 21.7 Å². The van der Waals surface area contributed by atoms with Crippen LogP contribution in [0, 0.1) is 18.3 Å². The second-order valence-electron chi connectivity index (χ2n) is 10.8. The molecule has 2 aromatic rings. The fourth-order valence-electron chi connectivity index (χ4n) is 5.82. The number of hydrogen-bond donors (Lipinski definition) is 0. The van der Waals surface area contributed by atoms with Crippen LogP contribution in [0.3, 0.4) is 0 Å². The zero-order valence-corrected chi connectivity index (χ0v) is 22.4. The lowest BCUT2D eigenvalue weighted by Crippen LogP contribution is -2.55. The van der Waals surface area contributed by atoms with Gasteiger partial charge < -0.3 is 4.90 Å². The molecule has 0 aromatic heterocycles. The van der Waals surface area contributed by atoms with E-state index >= 15 is 0 Å². The molecule has 3 fully saturated rings. The van der Waals surface area contributed by atoms with Crippen LogP contribution in [0.2, 0.25) is 5.02 Å². The zero-order chi connectivity index (χ0) is 25.9. The Labute approximate surface area is 217 Å². The van der Waals surface area contributed by atoms with Crippen molar-refractivity contribution in [2.45, 2.75) is 69.0 Å². The second-order valence-corrected chi connectivity index (χ2v) is 13.5. The average molecular weight is 536 g/mol. The predicted octanol–water partition coefficient (Wildman–Crippen LogP) is 5.95. The van der Waals surface area contributed by atoms with E-state index in [-0.39, 0.29) is 24.3 Å². The van der Waals surface area contributed by atoms with Crippen molar-refractivity contribution in [1.29, 1.82) is 0 Å². The van der Waals surface area contributed by atoms with Crippen LogP contribution in [-0.2, 0) is 21.3 Å². The molecule has 2 saturated carbocycles. The standard InChI is InChI=1S/C27H32ClF2N3O2S/c1-18-4-10-23(11-5-18)36(35,31-3)33-15-19(2)12-24(33)25(34)32(16-20-6-8-21(28)9-7-20)22-13-26(14-22)17-27(26,29)30/h4-11,19,22,24H,12-17H2,1-3H3. The summed E-state index contributed by atoms with van der Waals surface area (Å²) in [7, 11) is -1.48. The van der Waals surface area contributed by atoms with Crippen LogP contribution < -0.4 is 0 Å². The summed E-state index contributed by atoms with van der Waals surface area (Å²) < 4.78 is 48.3. The summed E-state index contributed by atoms with van der Waals surface area (Å²) in [5.41, 5.74) is 0.977. The van der Waals surface area contributed by atoms with Gasteiger partial charge in [0.2, 0.25) is 5.91 Å². The van der Waals surface area contributed by atoms with Crippen LogP contribution in [0.25, 0.3) is 0 Å². The Morgan fingerprint density at radius 1 is 1.17 bits per heavy atom. The van der Waals surface area contributed by atoms with E-state index in [0.29, 0.717) is 42.3 Å². The molecule has 0 bridgehead atoms. The maximum Gasteiger partial charge on any atom is 0.254 e. The third-order valence-corrected chi connectivity index (χ3v) is 10.8. The normalized spacial score (nSPS) is 30.4. The molecule has 5 rings (SSSR count). The average Bonchev–Trinajstić information content (AvgIpc) is 3.19. The third kappa shape index (κ3) is 4.35. The number of aryl methyl sites for hydroxylation is 1. The number of benzene rings is 2. The molecule has 3 unspecified atom stereocenters. The highest BCUT2D eigenvalue weighted by Gasteiger charge is 2.76. The minimum Gasteiger partial charge on any atom is -0.334 e. The Morgan fingerprint density at radius 3 is 2.33 bits per heavy atom. The SMILES string of the molecule is CN=S(=O)(c1ccc(C)cc1)N1CC(C)CC1C(=O)N(Cc1ccc(Cl)cc1)C1CC2(C1)CC2(F)F. The van der Waals surface area contributed by atoms with Crippen molar-refractivity contribution in [1.82, 2.24) is 9.21 Å². The number of rotatable bonds is 6. The molecular weight excluding hydrogens is 504 g/mol. The molecule has 1 saturated heterocycles. The highest BCUT2D eigenvalue weighted by Crippen LogP contribution is 2.71. The first-order valence-corrected chi connectivity index (χ1v) is 14.2. The van der Waals surface area contributed by atoms with E-state index in [4.69, 9.17) is 11.6 Å². The van der Waals surface area contributed by atoms with Gasteiger partial charge in [-0.05, 0) is 61.9 Å². The van der Waals surface area contributed by atoms with Gasteiger partial charge in [0.05, 0.1) is 4.90 Å². The van der Waals surface area contributed by atoms with Gasteiger partial charge in [-0.3, -0.25) is 4.79 Å². The van der Waals surface area contributed by atoms with Gasteiger partial charge in [-0.2, -0.15) is 0 Å². The van der Waals surface area contributed by atoms with Gasteiger partial charge >= 0.3 is 0 Å². The Bertz CT molecular complexity index is 1270. The lowest BCUT2D eigenvalue weighted by Gasteiger charge is -2.45. The number of amides is 1. The number of carbonyl (C=O) groups is 1. The molecule has 3 aliphatic rings. The Hall–Kier alpha value is -2.03. The molecule has 1 amide bonds. The molecule has 5 nitrogen and oxygen atoms in total. The Balaban J connectivity index is 1.45. The molecule has 1 heterocycles. The van der Waals surface area contributed by atoms with Crippen LogP contribution in [0.15, 0.2) is 57.8 Å². The molecule has 194 valence electrons. The maximum absolute atomic E-state index is 14.3. The number of nitrogens with zero attached hydrogens (tertiary/aromatic N) is 3. The molecule has 2 aliphatic carbocycles. The number of alkyl halides is 2. The largest absolute Gasteiger partial charge is 0.334 e. The number of halogens is 3. The molecule has 1 aliphatic heterocycles. The monoisotopic (exact) mass is 535 g/mol. The van der Waals surface area contributed by atoms with Crippen molar-refractivity contribution in [3.8, 4) is 0 Å². The highest BCUT2D eigenvalue weighted by molar-refractivity contribution is 7.91. The minimum absolute atomic E-state index is 0.0952. The van der Waals surface area contributed by atoms with Gasteiger partial charge in [0.1, 0.15) is 16.0 Å². The van der Waals surface area contributed by atoms with E-state index in [9.17, 15) is 17.8 Å². The van der Waals surface area contributed by atoms with Crippen molar-refractivity contribution >= 4 is 27.4 Å². The summed E-state index contributed by atoms with van der Waals surface area (Å²) in [6, 6.07) is 13.7. The summed E-state index contributed by atoms with van der Waals surface area (Å²) in [5, 5.41) is 0.593. The fourth-order valence-corrected chi connectivity index (χ4v) is 8.10. The minimum atomic E-state index is -3.01. The van der Waals surface area contributed by atoms with Crippen molar-refractivity contribution in [2.75, 3.05) is 13.6 Å². The smallest absolute Gasteiger partial charge is 0.254 e. The summed E-state index contributed by atoms with van der Waals surface area (Å²) >= 11 is 6.05. The molecule has 0 N–H and O–H groups in total. The molecule has 2 aromatic carbocycles. The summed E-state index contributed by atoms with van der Waals surface area (Å²) in [6.45, 7) is 4.78. The topological polar surface area (TPSA) is 53.0 Å². The summed E-state index contributed by atoms with van der Waals surface area (Å²) in [4.78, 5) is 16.5. The Morgan fingerprint density at radius 2 is 1.78 bits per heavy atom. The lowest BCUT2D eigenvalue weighted by molar-refractivity contribution is -0.143. The van der Waals surface area contributed by atoms with E-state index in [1.807, 2.05) is 50.2 Å². The fraction of sp³-hybridized carbons (Fsp3) is 0.519. The molecule has 36 heavy (non-hydrogen) atoms. The van der Waals surface area contributed by atoms with Crippen molar-refractivity contribution in [3.63, 3.8) is 0 Å². The first-order valence-electron chi connectivity index (χ1n) is 12.4. The van der Waals surface area contributed by atoms with Gasteiger partial charge in [0, 0.05) is 43.0 Å². The van der Waals surface area contributed by atoms with Crippen LogP contribution >= 0.6 is 11.6 Å². The predicted molar refractivity (Wildman–Crippen MR) is 137 cm³/mol. The van der Waals surface area contributed by atoms with E-state index in [1.165, 1.54) is 7.05 Å². The Kier molecular flexibility index (Phi) is 6.45. The first-order chi connectivity index (χ1) is 17.0. The molecule has 9 heteroatoms. The van der Waals surface area contributed by atoms with Gasteiger partial charge in [-0.15, -0.1) is 0 Å². The van der Waals surface area contributed by atoms with Crippen LogP contribution in [0.4, 0.5) is 8.78 Å². The maximum atomic E-state index is 14.3. The number of hydrogen-bond acceptors (Lipinski definition) is 3. The third-order valence-electron chi connectivity index (χ3n) is 8.10. The van der Waals surface area contributed by atoms with Crippen molar-refractivity contribution < 1.29 is 17.8 Å².